The van der Waals surface area contributed by atoms with Crippen LogP contribution >= 0.6 is 11.6 Å². The second-order valence-electron chi connectivity index (χ2n) is 5.78. The maximum Gasteiger partial charge on any atom is 0.312 e. The predicted octanol–water partition coefficient (Wildman–Crippen LogP) is 3.33. The summed E-state index contributed by atoms with van der Waals surface area (Å²) in [6.45, 7) is 8.19. The molecule has 0 saturated carbocycles. The number of nitrogens with one attached hydrogen (secondary N) is 1. The van der Waals surface area contributed by atoms with Gasteiger partial charge < -0.3 is 15.2 Å². The normalized spacial score (nSPS) is 11.7. The minimum atomic E-state index is -0.943. The Morgan fingerprint density at radius 3 is 2.60 bits per heavy atom. The Bertz CT molecular complexity index is 472. The molecule has 0 radical (unpaired) electrons. The van der Waals surface area contributed by atoms with Crippen LogP contribution in [0.3, 0.4) is 0 Å². The average Bonchev–Trinajstić information content (AvgIpc) is 2.35. The molecule has 112 valence electrons. The van der Waals surface area contributed by atoms with E-state index < -0.39 is 11.4 Å². The number of carboxylic acids is 1. The van der Waals surface area contributed by atoms with E-state index >= 15 is 0 Å². The topological polar surface area (TPSA) is 58.6 Å². The van der Waals surface area contributed by atoms with Gasteiger partial charge in [0.15, 0.2) is 0 Å². The second-order valence-corrected chi connectivity index (χ2v) is 6.19. The van der Waals surface area contributed by atoms with Crippen LogP contribution in [0.25, 0.3) is 0 Å². The Morgan fingerprint density at radius 1 is 1.45 bits per heavy atom. The van der Waals surface area contributed by atoms with E-state index in [0.717, 1.165) is 12.1 Å². The Balaban J connectivity index is 2.67. The van der Waals surface area contributed by atoms with Gasteiger partial charge in [0.05, 0.1) is 10.4 Å². The van der Waals surface area contributed by atoms with Gasteiger partial charge in [-0.15, -0.1) is 0 Å². The van der Waals surface area contributed by atoms with E-state index in [-0.39, 0.29) is 6.61 Å². The van der Waals surface area contributed by atoms with E-state index in [4.69, 9.17) is 21.4 Å². The van der Waals surface area contributed by atoms with Gasteiger partial charge in [-0.3, -0.25) is 4.79 Å². The molecule has 2 N–H and O–H groups in total. The standard InChI is InChI=1S/C15H22ClNO3/c1-10(2)17-8-11-5-6-13(12(16)7-11)20-9-15(3,4)14(18)19/h5-7,10,17H,8-9H2,1-4H3,(H,18,19). The number of benzene rings is 1. The Morgan fingerprint density at radius 2 is 2.10 bits per heavy atom. The highest BCUT2D eigenvalue weighted by atomic mass is 35.5. The van der Waals surface area contributed by atoms with Gasteiger partial charge in [-0.1, -0.05) is 31.5 Å². The summed E-state index contributed by atoms with van der Waals surface area (Å²) in [6, 6.07) is 5.93. The van der Waals surface area contributed by atoms with E-state index in [2.05, 4.69) is 19.2 Å². The molecule has 0 aliphatic carbocycles. The number of carbonyl (C=O) groups is 1. The van der Waals surface area contributed by atoms with Crippen LogP contribution < -0.4 is 10.1 Å². The lowest BCUT2D eigenvalue weighted by atomic mass is 9.95. The molecule has 1 aromatic carbocycles. The summed E-state index contributed by atoms with van der Waals surface area (Å²) in [5.74, 6) is -0.388. The lowest BCUT2D eigenvalue weighted by Crippen LogP contribution is -2.30. The van der Waals surface area contributed by atoms with Crippen LogP contribution in [0.15, 0.2) is 18.2 Å². The van der Waals surface area contributed by atoms with E-state index in [1.165, 1.54) is 0 Å². The first-order valence-electron chi connectivity index (χ1n) is 6.60. The van der Waals surface area contributed by atoms with Crippen molar-refractivity contribution in [2.45, 2.75) is 40.3 Å². The number of ether oxygens (including phenoxy) is 1. The molecule has 1 rings (SSSR count). The summed E-state index contributed by atoms with van der Waals surface area (Å²) in [5.41, 5.74) is 0.120. The molecule has 5 heteroatoms. The molecular weight excluding hydrogens is 278 g/mol. The molecule has 0 saturated heterocycles. The summed E-state index contributed by atoms with van der Waals surface area (Å²) in [7, 11) is 0. The monoisotopic (exact) mass is 299 g/mol. The molecule has 0 spiro atoms. The number of halogens is 1. The van der Waals surface area contributed by atoms with Crippen molar-refractivity contribution < 1.29 is 14.6 Å². The van der Waals surface area contributed by atoms with Crippen molar-refractivity contribution >= 4 is 17.6 Å². The molecule has 1 aromatic rings. The second kappa shape index (κ2) is 6.95. The SMILES string of the molecule is CC(C)NCc1ccc(OCC(C)(C)C(=O)O)c(Cl)c1. The van der Waals surface area contributed by atoms with Gasteiger partial charge in [-0.25, -0.2) is 0 Å². The van der Waals surface area contributed by atoms with Gasteiger partial charge in [0.25, 0.3) is 0 Å². The van der Waals surface area contributed by atoms with Gasteiger partial charge in [-0.05, 0) is 31.5 Å². The van der Waals surface area contributed by atoms with Crippen LogP contribution in [0.4, 0.5) is 0 Å². The van der Waals surface area contributed by atoms with Crippen molar-refractivity contribution in [2.75, 3.05) is 6.61 Å². The first-order valence-corrected chi connectivity index (χ1v) is 6.98. The predicted molar refractivity (Wildman–Crippen MR) is 80.3 cm³/mol. The maximum absolute atomic E-state index is 11.0. The van der Waals surface area contributed by atoms with E-state index in [0.29, 0.717) is 16.8 Å². The molecule has 0 fully saturated rings. The molecule has 0 bridgehead atoms. The molecule has 0 aromatic heterocycles. The zero-order chi connectivity index (χ0) is 15.3. The van der Waals surface area contributed by atoms with E-state index in [1.54, 1.807) is 19.9 Å². The molecule has 0 atom stereocenters. The highest BCUT2D eigenvalue weighted by Crippen LogP contribution is 2.27. The molecule has 0 aliphatic heterocycles. The van der Waals surface area contributed by atoms with Crippen molar-refractivity contribution in [3.63, 3.8) is 0 Å². The Hall–Kier alpha value is -1.26. The van der Waals surface area contributed by atoms with Gasteiger partial charge in [-0.2, -0.15) is 0 Å². The lowest BCUT2D eigenvalue weighted by Gasteiger charge is -2.20. The third-order valence-corrected chi connectivity index (χ3v) is 3.17. The quantitative estimate of drug-likeness (QED) is 0.811. The van der Waals surface area contributed by atoms with Crippen LogP contribution in [-0.2, 0) is 11.3 Å². The highest BCUT2D eigenvalue weighted by Gasteiger charge is 2.28. The Kier molecular flexibility index (Phi) is 5.84. The van der Waals surface area contributed by atoms with Gasteiger partial charge in [0.2, 0.25) is 0 Å². The molecule has 20 heavy (non-hydrogen) atoms. The van der Waals surface area contributed by atoms with Crippen LogP contribution in [-0.4, -0.2) is 23.7 Å². The number of hydrogen-bond acceptors (Lipinski definition) is 3. The lowest BCUT2D eigenvalue weighted by molar-refractivity contribution is -0.148. The average molecular weight is 300 g/mol. The summed E-state index contributed by atoms with van der Waals surface area (Å²) in [6.07, 6.45) is 0. The van der Waals surface area contributed by atoms with Gasteiger partial charge >= 0.3 is 5.97 Å². The van der Waals surface area contributed by atoms with E-state index in [9.17, 15) is 4.79 Å². The van der Waals surface area contributed by atoms with Crippen LogP contribution in [0.2, 0.25) is 5.02 Å². The number of hydrogen-bond donors (Lipinski definition) is 2. The third-order valence-electron chi connectivity index (χ3n) is 2.88. The van der Waals surface area contributed by atoms with Crippen LogP contribution in [0.1, 0.15) is 33.3 Å². The molecule has 0 amide bonds. The minimum absolute atomic E-state index is 0.0750. The fraction of sp³-hybridized carbons (Fsp3) is 0.533. The maximum atomic E-state index is 11.0. The van der Waals surface area contributed by atoms with Crippen molar-refractivity contribution in [2.24, 2.45) is 5.41 Å². The van der Waals surface area contributed by atoms with Crippen molar-refractivity contribution in [3.8, 4) is 5.75 Å². The first kappa shape index (κ1) is 16.8. The highest BCUT2D eigenvalue weighted by molar-refractivity contribution is 6.32. The van der Waals surface area contributed by atoms with Gasteiger partial charge in [0, 0.05) is 12.6 Å². The van der Waals surface area contributed by atoms with Crippen LogP contribution in [0, 0.1) is 5.41 Å². The zero-order valence-electron chi connectivity index (χ0n) is 12.4. The number of aliphatic carboxylic acids is 1. The fourth-order valence-electron chi connectivity index (χ4n) is 1.41. The van der Waals surface area contributed by atoms with Crippen LogP contribution in [0.5, 0.6) is 5.75 Å². The molecule has 0 aliphatic rings. The molecule has 0 unspecified atom stereocenters. The Labute approximate surface area is 125 Å². The first-order chi connectivity index (χ1) is 9.22. The van der Waals surface area contributed by atoms with Crippen molar-refractivity contribution in [3.05, 3.63) is 28.8 Å². The van der Waals surface area contributed by atoms with Gasteiger partial charge in [0.1, 0.15) is 12.4 Å². The molecule has 4 nitrogen and oxygen atoms in total. The summed E-state index contributed by atoms with van der Waals surface area (Å²) in [5, 5.41) is 12.8. The summed E-state index contributed by atoms with van der Waals surface area (Å²) >= 11 is 6.15. The minimum Gasteiger partial charge on any atom is -0.491 e. The number of carboxylic acid groups (broad SMARTS) is 1. The van der Waals surface area contributed by atoms with Crippen molar-refractivity contribution in [1.29, 1.82) is 0 Å². The zero-order valence-corrected chi connectivity index (χ0v) is 13.1. The summed E-state index contributed by atoms with van der Waals surface area (Å²) in [4.78, 5) is 11.0. The van der Waals surface area contributed by atoms with E-state index in [1.807, 2.05) is 12.1 Å². The van der Waals surface area contributed by atoms with Crippen molar-refractivity contribution in [1.82, 2.24) is 5.32 Å². The molecular formula is C15H22ClNO3. The fourth-order valence-corrected chi connectivity index (χ4v) is 1.67. The molecule has 0 heterocycles. The number of rotatable bonds is 7. The summed E-state index contributed by atoms with van der Waals surface area (Å²) < 4.78 is 5.51. The largest absolute Gasteiger partial charge is 0.491 e. The smallest absolute Gasteiger partial charge is 0.312 e. The third kappa shape index (κ3) is 5.02.